The number of carbonyl (C=O) groups is 2. The molecule has 0 aromatic heterocycles. The molecule has 1 atom stereocenters. The summed E-state index contributed by atoms with van der Waals surface area (Å²) in [5.41, 5.74) is 2.41. The van der Waals surface area contributed by atoms with Gasteiger partial charge in [0.25, 0.3) is 0 Å². The van der Waals surface area contributed by atoms with Gasteiger partial charge in [-0.2, -0.15) is 0 Å². The maximum atomic E-state index is 12.8. The zero-order valence-corrected chi connectivity index (χ0v) is 17.0. The van der Waals surface area contributed by atoms with Gasteiger partial charge in [0, 0.05) is 52.9 Å². The van der Waals surface area contributed by atoms with Crippen LogP contribution >= 0.6 is 0 Å². The summed E-state index contributed by atoms with van der Waals surface area (Å²) >= 11 is 0. The zero-order chi connectivity index (χ0) is 19.9. The number of likely N-dealkylation sites (N-methyl/N-ethyl adjacent to an activating group) is 1. The highest BCUT2D eigenvalue weighted by Crippen LogP contribution is 2.17. The topological polar surface area (TPSA) is 65.1 Å². The molecular formula is C21H32N4O3. The molecule has 0 radical (unpaired) electrons. The summed E-state index contributed by atoms with van der Waals surface area (Å²) in [5.74, 6) is -0.0279. The molecule has 1 aromatic carbocycles. The molecule has 2 aliphatic rings. The van der Waals surface area contributed by atoms with E-state index in [2.05, 4.69) is 34.2 Å². The van der Waals surface area contributed by atoms with Crippen LogP contribution in [-0.4, -0.2) is 92.1 Å². The van der Waals surface area contributed by atoms with Crippen molar-refractivity contribution in [2.24, 2.45) is 0 Å². The fourth-order valence-electron chi connectivity index (χ4n) is 3.74. The number of amides is 2. The normalized spacial score (nSPS) is 21.4. The van der Waals surface area contributed by atoms with Crippen molar-refractivity contribution in [1.82, 2.24) is 20.0 Å². The molecule has 28 heavy (non-hydrogen) atoms. The van der Waals surface area contributed by atoms with Crippen molar-refractivity contribution >= 4 is 11.8 Å². The average molecular weight is 389 g/mol. The van der Waals surface area contributed by atoms with Crippen LogP contribution in [0, 0.1) is 6.92 Å². The smallest absolute Gasteiger partial charge is 0.237 e. The third-order valence-corrected chi connectivity index (χ3v) is 5.73. The number of nitrogens with zero attached hydrogens (tertiary/aromatic N) is 3. The molecule has 7 nitrogen and oxygen atoms in total. The Balaban J connectivity index is 1.56. The highest BCUT2D eigenvalue weighted by molar-refractivity contribution is 5.88. The Morgan fingerprint density at radius 3 is 2.75 bits per heavy atom. The highest BCUT2D eigenvalue weighted by Gasteiger charge is 2.32. The first-order valence-electron chi connectivity index (χ1n) is 10.1. The molecule has 2 heterocycles. The SMILES string of the molecule is Cc1ccccc1CN1CCNC(=O)[C@@H]1CC(=O)N(C)CCN1CCOCC1. The van der Waals surface area contributed by atoms with Crippen LogP contribution in [0.1, 0.15) is 17.5 Å². The summed E-state index contributed by atoms with van der Waals surface area (Å²) in [6.45, 7) is 9.02. The Kier molecular flexibility index (Phi) is 7.42. The van der Waals surface area contributed by atoms with E-state index in [4.69, 9.17) is 4.74 Å². The molecule has 7 heteroatoms. The van der Waals surface area contributed by atoms with Crippen molar-refractivity contribution in [3.63, 3.8) is 0 Å². The van der Waals surface area contributed by atoms with Gasteiger partial charge in [0.05, 0.1) is 25.7 Å². The molecule has 1 N–H and O–H groups in total. The predicted octanol–water partition coefficient (Wildman–Crippen LogP) is 0.476. The zero-order valence-electron chi connectivity index (χ0n) is 17.0. The van der Waals surface area contributed by atoms with Crippen molar-refractivity contribution in [2.45, 2.75) is 25.9 Å². The second-order valence-electron chi connectivity index (χ2n) is 7.68. The molecule has 2 aliphatic heterocycles. The Labute approximate surface area is 167 Å². The first-order chi connectivity index (χ1) is 13.5. The van der Waals surface area contributed by atoms with Gasteiger partial charge in [0.2, 0.25) is 11.8 Å². The lowest BCUT2D eigenvalue weighted by molar-refractivity contribution is -0.138. The van der Waals surface area contributed by atoms with Crippen LogP contribution in [0.4, 0.5) is 0 Å². The molecule has 2 saturated heterocycles. The van der Waals surface area contributed by atoms with Crippen LogP contribution in [0.25, 0.3) is 0 Å². The van der Waals surface area contributed by atoms with E-state index in [0.29, 0.717) is 19.6 Å². The Morgan fingerprint density at radius 2 is 2.00 bits per heavy atom. The van der Waals surface area contributed by atoms with Crippen LogP contribution in [-0.2, 0) is 20.9 Å². The maximum Gasteiger partial charge on any atom is 0.237 e. The third kappa shape index (κ3) is 5.53. The largest absolute Gasteiger partial charge is 0.379 e. The fraction of sp³-hybridized carbons (Fsp3) is 0.619. The minimum Gasteiger partial charge on any atom is -0.379 e. The quantitative estimate of drug-likeness (QED) is 0.736. The van der Waals surface area contributed by atoms with E-state index in [0.717, 1.165) is 39.4 Å². The highest BCUT2D eigenvalue weighted by atomic mass is 16.5. The summed E-state index contributed by atoms with van der Waals surface area (Å²) in [6, 6.07) is 7.80. The molecule has 0 bridgehead atoms. The number of nitrogens with one attached hydrogen (secondary N) is 1. The minimum absolute atomic E-state index is 0.0186. The van der Waals surface area contributed by atoms with E-state index in [1.54, 1.807) is 4.90 Å². The molecule has 3 rings (SSSR count). The number of ether oxygens (including phenoxy) is 1. The van der Waals surface area contributed by atoms with Crippen molar-refractivity contribution in [3.8, 4) is 0 Å². The fourth-order valence-corrected chi connectivity index (χ4v) is 3.74. The van der Waals surface area contributed by atoms with Crippen molar-refractivity contribution < 1.29 is 14.3 Å². The van der Waals surface area contributed by atoms with Crippen molar-refractivity contribution in [3.05, 3.63) is 35.4 Å². The van der Waals surface area contributed by atoms with E-state index >= 15 is 0 Å². The van der Waals surface area contributed by atoms with Gasteiger partial charge in [-0.1, -0.05) is 24.3 Å². The first kappa shape index (κ1) is 20.8. The van der Waals surface area contributed by atoms with Crippen molar-refractivity contribution in [2.75, 3.05) is 59.5 Å². The molecule has 0 saturated carbocycles. The summed E-state index contributed by atoms with van der Waals surface area (Å²) in [5, 5.41) is 2.92. The van der Waals surface area contributed by atoms with Gasteiger partial charge in [0.1, 0.15) is 0 Å². The van der Waals surface area contributed by atoms with Crippen LogP contribution in [0.15, 0.2) is 24.3 Å². The van der Waals surface area contributed by atoms with Crippen LogP contribution in [0.2, 0.25) is 0 Å². The number of rotatable bonds is 7. The van der Waals surface area contributed by atoms with Crippen molar-refractivity contribution in [1.29, 1.82) is 0 Å². The number of benzene rings is 1. The summed E-state index contributed by atoms with van der Waals surface area (Å²) in [6.07, 6.45) is 0.220. The number of piperazine rings is 1. The van der Waals surface area contributed by atoms with Crippen LogP contribution < -0.4 is 5.32 Å². The van der Waals surface area contributed by atoms with Gasteiger partial charge in [-0.15, -0.1) is 0 Å². The van der Waals surface area contributed by atoms with Gasteiger partial charge in [-0.05, 0) is 18.1 Å². The summed E-state index contributed by atoms with van der Waals surface area (Å²) < 4.78 is 5.36. The number of aryl methyl sites for hydroxylation is 1. The molecule has 0 aliphatic carbocycles. The second kappa shape index (κ2) is 10.0. The molecule has 0 spiro atoms. The number of hydrogen-bond donors (Lipinski definition) is 1. The van der Waals surface area contributed by atoms with E-state index in [1.807, 2.05) is 19.2 Å². The minimum atomic E-state index is -0.410. The monoisotopic (exact) mass is 388 g/mol. The Bertz CT molecular complexity index is 675. The molecule has 0 unspecified atom stereocenters. The second-order valence-corrected chi connectivity index (χ2v) is 7.68. The lowest BCUT2D eigenvalue weighted by atomic mass is 10.0. The van der Waals surface area contributed by atoms with E-state index < -0.39 is 6.04 Å². The van der Waals surface area contributed by atoms with Gasteiger partial charge < -0.3 is 15.0 Å². The van der Waals surface area contributed by atoms with Gasteiger partial charge in [-0.25, -0.2) is 0 Å². The van der Waals surface area contributed by atoms with E-state index in [9.17, 15) is 9.59 Å². The molecule has 1 aromatic rings. The summed E-state index contributed by atoms with van der Waals surface area (Å²) in [7, 11) is 1.83. The molecule has 154 valence electrons. The molecule has 2 amide bonds. The first-order valence-corrected chi connectivity index (χ1v) is 10.1. The predicted molar refractivity (Wildman–Crippen MR) is 108 cm³/mol. The number of morpholine rings is 1. The van der Waals surface area contributed by atoms with Gasteiger partial charge >= 0.3 is 0 Å². The van der Waals surface area contributed by atoms with E-state index in [1.165, 1.54) is 11.1 Å². The van der Waals surface area contributed by atoms with Crippen LogP contribution in [0.5, 0.6) is 0 Å². The number of hydrogen-bond acceptors (Lipinski definition) is 5. The Morgan fingerprint density at radius 1 is 1.25 bits per heavy atom. The lowest BCUT2D eigenvalue weighted by Gasteiger charge is -2.36. The standard InChI is InChI=1S/C21H32N4O3/c1-17-5-3-4-6-18(17)16-25-8-7-22-21(27)19(25)15-20(26)23(2)9-10-24-11-13-28-14-12-24/h3-6,19H,7-16H2,1-2H3,(H,22,27)/t19-/m0/s1. The number of carbonyl (C=O) groups excluding carboxylic acids is 2. The molecular weight excluding hydrogens is 356 g/mol. The van der Waals surface area contributed by atoms with Crippen LogP contribution in [0.3, 0.4) is 0 Å². The molecule has 2 fully saturated rings. The van der Waals surface area contributed by atoms with Gasteiger partial charge in [0.15, 0.2) is 0 Å². The third-order valence-electron chi connectivity index (χ3n) is 5.73. The maximum absolute atomic E-state index is 12.8. The Hall–Kier alpha value is -1.96. The van der Waals surface area contributed by atoms with E-state index in [-0.39, 0.29) is 18.2 Å². The lowest BCUT2D eigenvalue weighted by Crippen LogP contribution is -2.56. The summed E-state index contributed by atoms with van der Waals surface area (Å²) in [4.78, 5) is 31.5. The van der Waals surface area contributed by atoms with Gasteiger partial charge in [-0.3, -0.25) is 19.4 Å². The average Bonchev–Trinajstić information content (AvgIpc) is 2.71.